The Morgan fingerprint density at radius 2 is 2.05 bits per heavy atom. The molecule has 1 aromatic rings. The number of alkyl halides is 1. The zero-order chi connectivity index (χ0) is 14.9. The third kappa shape index (κ3) is 2.67. The minimum Gasteiger partial charge on any atom is -0.496 e. The minimum absolute atomic E-state index is 0.0940. The summed E-state index contributed by atoms with van der Waals surface area (Å²) >= 11 is 5.89. The fraction of sp³-hybridized carbons (Fsp3) is 0.571. The van der Waals surface area contributed by atoms with Gasteiger partial charge in [0.05, 0.1) is 12.0 Å². The molecule has 4 nitrogen and oxygen atoms in total. The zero-order valence-electron chi connectivity index (χ0n) is 12.0. The fourth-order valence-electron chi connectivity index (χ4n) is 2.67. The Balaban J connectivity index is 2.47. The molecule has 1 aliphatic rings. The van der Waals surface area contributed by atoms with E-state index in [9.17, 15) is 8.42 Å². The SMILES string of the molecule is COc1cc(C)c(S(=O)(=O)N2CCC[C@H]2CCl)cc1C. The van der Waals surface area contributed by atoms with Crippen molar-refractivity contribution in [3.63, 3.8) is 0 Å². The van der Waals surface area contributed by atoms with Crippen LogP contribution in [0, 0.1) is 13.8 Å². The Labute approximate surface area is 125 Å². The first-order valence-corrected chi connectivity index (χ1v) is 8.62. The maximum atomic E-state index is 12.8. The Morgan fingerprint density at radius 3 is 2.65 bits per heavy atom. The summed E-state index contributed by atoms with van der Waals surface area (Å²) in [5.74, 6) is 1.05. The zero-order valence-corrected chi connectivity index (χ0v) is 13.6. The molecule has 0 unspecified atom stereocenters. The third-order valence-electron chi connectivity index (χ3n) is 3.78. The van der Waals surface area contributed by atoms with Gasteiger partial charge in [0.15, 0.2) is 0 Å². The van der Waals surface area contributed by atoms with Crippen LogP contribution >= 0.6 is 11.6 Å². The second-order valence-corrected chi connectivity index (χ2v) is 7.32. The summed E-state index contributed by atoms with van der Waals surface area (Å²) in [6, 6.07) is 3.37. The van der Waals surface area contributed by atoms with Crippen molar-refractivity contribution in [2.24, 2.45) is 0 Å². The lowest BCUT2D eigenvalue weighted by Crippen LogP contribution is -2.36. The lowest BCUT2D eigenvalue weighted by atomic mass is 10.1. The van der Waals surface area contributed by atoms with E-state index in [0.29, 0.717) is 28.6 Å². The van der Waals surface area contributed by atoms with E-state index in [-0.39, 0.29) is 6.04 Å². The van der Waals surface area contributed by atoms with Gasteiger partial charge in [0.2, 0.25) is 10.0 Å². The molecule has 0 aromatic heterocycles. The third-order valence-corrected chi connectivity index (χ3v) is 6.23. The summed E-state index contributed by atoms with van der Waals surface area (Å²) in [5.41, 5.74) is 1.52. The second-order valence-electron chi connectivity index (χ2n) is 5.15. The molecule has 2 rings (SSSR count). The Bertz CT molecular complexity index is 601. The standard InChI is InChI=1S/C14H20ClNO3S/c1-10-8-14(11(2)7-13(10)19-3)20(17,18)16-6-4-5-12(16)9-15/h7-8,12H,4-6,9H2,1-3H3/t12-/m0/s1. The molecule has 0 spiro atoms. The highest BCUT2D eigenvalue weighted by Gasteiger charge is 2.35. The van der Waals surface area contributed by atoms with Crippen molar-refractivity contribution in [3.8, 4) is 5.75 Å². The topological polar surface area (TPSA) is 46.6 Å². The monoisotopic (exact) mass is 317 g/mol. The summed E-state index contributed by atoms with van der Waals surface area (Å²) in [7, 11) is -1.90. The predicted molar refractivity (Wildman–Crippen MR) is 80.1 cm³/mol. The van der Waals surface area contributed by atoms with E-state index < -0.39 is 10.0 Å². The maximum Gasteiger partial charge on any atom is 0.243 e. The fourth-order valence-corrected chi connectivity index (χ4v) is 5.06. The molecular formula is C14H20ClNO3S. The van der Waals surface area contributed by atoms with E-state index in [1.54, 1.807) is 26.2 Å². The molecule has 20 heavy (non-hydrogen) atoms. The summed E-state index contributed by atoms with van der Waals surface area (Å²) in [5, 5.41) is 0. The molecule has 0 N–H and O–H groups in total. The molecule has 0 saturated carbocycles. The van der Waals surface area contributed by atoms with Crippen LogP contribution in [-0.2, 0) is 10.0 Å². The van der Waals surface area contributed by atoms with Gasteiger partial charge in [-0.2, -0.15) is 4.31 Å². The molecule has 6 heteroatoms. The maximum absolute atomic E-state index is 12.8. The van der Waals surface area contributed by atoms with Crippen molar-refractivity contribution in [1.82, 2.24) is 4.31 Å². The Morgan fingerprint density at radius 1 is 1.35 bits per heavy atom. The van der Waals surface area contributed by atoms with Gasteiger partial charge in [-0.3, -0.25) is 0 Å². The van der Waals surface area contributed by atoms with Crippen molar-refractivity contribution in [3.05, 3.63) is 23.3 Å². The van der Waals surface area contributed by atoms with Crippen molar-refractivity contribution >= 4 is 21.6 Å². The first-order valence-electron chi connectivity index (χ1n) is 6.65. The number of methoxy groups -OCH3 is 1. The lowest BCUT2D eigenvalue weighted by molar-refractivity contribution is 0.406. The van der Waals surface area contributed by atoms with Crippen LogP contribution in [0.4, 0.5) is 0 Å². The average molecular weight is 318 g/mol. The van der Waals surface area contributed by atoms with Crippen LogP contribution in [0.5, 0.6) is 5.75 Å². The highest BCUT2D eigenvalue weighted by atomic mass is 35.5. The molecule has 0 amide bonds. The minimum atomic E-state index is -3.48. The number of ether oxygens (including phenoxy) is 1. The molecule has 1 aliphatic heterocycles. The van der Waals surface area contributed by atoms with Crippen molar-refractivity contribution in [2.75, 3.05) is 19.5 Å². The Kier molecular flexibility index (Phi) is 4.62. The van der Waals surface area contributed by atoms with Gasteiger partial charge in [0.1, 0.15) is 5.75 Å². The van der Waals surface area contributed by atoms with E-state index in [0.717, 1.165) is 18.4 Å². The summed E-state index contributed by atoms with van der Waals surface area (Å²) < 4.78 is 32.4. The van der Waals surface area contributed by atoms with Crippen LogP contribution < -0.4 is 4.74 Å². The van der Waals surface area contributed by atoms with Crippen LogP contribution in [0.15, 0.2) is 17.0 Å². The van der Waals surface area contributed by atoms with Gasteiger partial charge in [-0.05, 0) is 49.9 Å². The van der Waals surface area contributed by atoms with Gasteiger partial charge in [-0.15, -0.1) is 11.6 Å². The quantitative estimate of drug-likeness (QED) is 0.802. The van der Waals surface area contributed by atoms with Crippen molar-refractivity contribution in [1.29, 1.82) is 0 Å². The van der Waals surface area contributed by atoms with Gasteiger partial charge in [0.25, 0.3) is 0 Å². The van der Waals surface area contributed by atoms with Crippen LogP contribution in [-0.4, -0.2) is 38.3 Å². The van der Waals surface area contributed by atoms with Crippen molar-refractivity contribution in [2.45, 2.75) is 37.6 Å². The van der Waals surface area contributed by atoms with Gasteiger partial charge in [-0.1, -0.05) is 0 Å². The second kappa shape index (κ2) is 5.92. The molecule has 112 valence electrons. The van der Waals surface area contributed by atoms with E-state index in [4.69, 9.17) is 16.3 Å². The largest absolute Gasteiger partial charge is 0.496 e. The predicted octanol–water partition coefficient (Wildman–Crippen LogP) is 2.70. The smallest absolute Gasteiger partial charge is 0.243 e. The highest BCUT2D eigenvalue weighted by Crippen LogP contribution is 2.31. The van der Waals surface area contributed by atoms with Gasteiger partial charge >= 0.3 is 0 Å². The number of hydrogen-bond acceptors (Lipinski definition) is 3. The normalized spacial score (nSPS) is 20.3. The van der Waals surface area contributed by atoms with E-state index in [1.165, 1.54) is 4.31 Å². The lowest BCUT2D eigenvalue weighted by Gasteiger charge is -2.23. The van der Waals surface area contributed by atoms with E-state index in [1.807, 2.05) is 6.92 Å². The number of nitrogens with zero attached hydrogens (tertiary/aromatic N) is 1. The summed E-state index contributed by atoms with van der Waals surface area (Å²) in [6.07, 6.45) is 1.70. The molecule has 1 heterocycles. The molecule has 0 aliphatic carbocycles. The first kappa shape index (κ1) is 15.6. The van der Waals surface area contributed by atoms with Crippen LogP contribution in [0.25, 0.3) is 0 Å². The first-order chi connectivity index (χ1) is 9.41. The molecule has 1 fully saturated rings. The number of benzene rings is 1. The molecule has 0 radical (unpaired) electrons. The summed E-state index contributed by atoms with van der Waals surface area (Å²) in [6.45, 7) is 4.19. The van der Waals surface area contributed by atoms with Crippen LogP contribution in [0.1, 0.15) is 24.0 Å². The Hall–Kier alpha value is -0.780. The van der Waals surface area contributed by atoms with Crippen LogP contribution in [0.3, 0.4) is 0 Å². The van der Waals surface area contributed by atoms with E-state index >= 15 is 0 Å². The number of sulfonamides is 1. The molecule has 1 aromatic carbocycles. The van der Waals surface area contributed by atoms with Crippen molar-refractivity contribution < 1.29 is 13.2 Å². The van der Waals surface area contributed by atoms with Gasteiger partial charge in [0, 0.05) is 18.5 Å². The molecule has 1 saturated heterocycles. The number of halogens is 1. The average Bonchev–Trinajstić information content (AvgIpc) is 2.89. The van der Waals surface area contributed by atoms with Crippen LogP contribution in [0.2, 0.25) is 0 Å². The number of aryl methyl sites for hydroxylation is 2. The number of hydrogen-bond donors (Lipinski definition) is 0. The molecule has 0 bridgehead atoms. The van der Waals surface area contributed by atoms with Gasteiger partial charge in [-0.25, -0.2) is 8.42 Å². The molecular weight excluding hydrogens is 298 g/mol. The molecule has 1 atom stereocenters. The van der Waals surface area contributed by atoms with Gasteiger partial charge < -0.3 is 4.74 Å². The summed E-state index contributed by atoms with van der Waals surface area (Å²) in [4.78, 5) is 0.354. The highest BCUT2D eigenvalue weighted by molar-refractivity contribution is 7.89. The number of rotatable bonds is 4. The van der Waals surface area contributed by atoms with E-state index in [2.05, 4.69) is 0 Å².